The summed E-state index contributed by atoms with van der Waals surface area (Å²) in [5.41, 5.74) is 1.38. The fourth-order valence-electron chi connectivity index (χ4n) is 2.90. The first-order chi connectivity index (χ1) is 13.2. The quantitative estimate of drug-likeness (QED) is 0.662. The summed E-state index contributed by atoms with van der Waals surface area (Å²) < 4.78 is 7.27. The van der Waals surface area contributed by atoms with Crippen LogP contribution >= 0.6 is 0 Å². The SMILES string of the molecule is N#Cc1nccnc1OC1CCN(C(=O)c2cccc(-n3cnnn3)c2)C1. The normalized spacial score (nSPS) is 16.1. The van der Waals surface area contributed by atoms with E-state index in [1.54, 1.807) is 23.1 Å². The van der Waals surface area contributed by atoms with Crippen molar-refractivity contribution in [1.82, 2.24) is 35.1 Å². The number of nitriles is 1. The summed E-state index contributed by atoms with van der Waals surface area (Å²) in [7, 11) is 0. The molecule has 0 N–H and O–H groups in total. The zero-order valence-corrected chi connectivity index (χ0v) is 14.1. The average molecular weight is 362 g/mol. The zero-order valence-electron chi connectivity index (χ0n) is 14.1. The number of hydrogen-bond acceptors (Lipinski definition) is 8. The van der Waals surface area contributed by atoms with Crippen molar-refractivity contribution in [2.75, 3.05) is 13.1 Å². The van der Waals surface area contributed by atoms with Gasteiger partial charge in [0.05, 0.1) is 12.2 Å². The molecule has 1 aliphatic rings. The van der Waals surface area contributed by atoms with Gasteiger partial charge in [0.1, 0.15) is 18.5 Å². The topological polar surface area (TPSA) is 123 Å². The highest BCUT2D eigenvalue weighted by Crippen LogP contribution is 2.20. The Morgan fingerprint density at radius 3 is 3.00 bits per heavy atom. The molecule has 0 saturated carbocycles. The molecule has 2 aromatic heterocycles. The first kappa shape index (κ1) is 16.6. The van der Waals surface area contributed by atoms with Gasteiger partial charge in [0.15, 0.2) is 0 Å². The van der Waals surface area contributed by atoms with Crippen molar-refractivity contribution >= 4 is 5.91 Å². The first-order valence-electron chi connectivity index (χ1n) is 8.25. The van der Waals surface area contributed by atoms with Gasteiger partial charge in [-0.2, -0.15) is 5.26 Å². The Balaban J connectivity index is 1.45. The maximum absolute atomic E-state index is 12.8. The third-order valence-corrected chi connectivity index (χ3v) is 4.19. The number of tetrazole rings is 1. The van der Waals surface area contributed by atoms with E-state index < -0.39 is 0 Å². The van der Waals surface area contributed by atoms with E-state index in [1.807, 2.05) is 12.1 Å². The van der Waals surface area contributed by atoms with Crippen LogP contribution in [-0.2, 0) is 0 Å². The van der Waals surface area contributed by atoms with Gasteiger partial charge in [-0.1, -0.05) is 6.07 Å². The first-order valence-corrected chi connectivity index (χ1v) is 8.25. The second-order valence-corrected chi connectivity index (χ2v) is 5.91. The van der Waals surface area contributed by atoms with E-state index >= 15 is 0 Å². The number of ether oxygens (including phenoxy) is 1. The molecule has 1 saturated heterocycles. The lowest BCUT2D eigenvalue weighted by atomic mass is 10.2. The van der Waals surface area contributed by atoms with Crippen LogP contribution in [0.5, 0.6) is 5.88 Å². The highest BCUT2D eigenvalue weighted by atomic mass is 16.5. The fourth-order valence-corrected chi connectivity index (χ4v) is 2.90. The second kappa shape index (κ2) is 7.17. The molecule has 4 rings (SSSR count). The molecule has 3 aromatic rings. The molecule has 134 valence electrons. The standard InChI is InChI=1S/C17H14N8O2/c18-9-15-16(20-6-5-19-15)27-14-4-7-24(10-14)17(26)12-2-1-3-13(8-12)25-11-21-22-23-25/h1-3,5-6,8,11,14H,4,7,10H2. The summed E-state index contributed by atoms with van der Waals surface area (Å²) in [6.07, 6.45) is 4.79. The van der Waals surface area contributed by atoms with E-state index in [1.165, 1.54) is 23.4 Å². The maximum atomic E-state index is 12.8. The van der Waals surface area contributed by atoms with Crippen molar-refractivity contribution in [1.29, 1.82) is 5.26 Å². The van der Waals surface area contributed by atoms with E-state index in [2.05, 4.69) is 25.5 Å². The van der Waals surface area contributed by atoms with Gasteiger partial charge < -0.3 is 9.64 Å². The number of amides is 1. The minimum atomic E-state index is -0.236. The van der Waals surface area contributed by atoms with Gasteiger partial charge in [-0.15, -0.1) is 5.10 Å². The van der Waals surface area contributed by atoms with Gasteiger partial charge >= 0.3 is 0 Å². The minimum Gasteiger partial charge on any atom is -0.470 e. The Kier molecular flexibility index (Phi) is 4.40. The Labute approximate surface area is 154 Å². The van der Waals surface area contributed by atoms with Gasteiger partial charge in [0.2, 0.25) is 5.69 Å². The Bertz CT molecular complexity index is 998. The maximum Gasteiger partial charge on any atom is 0.254 e. The largest absolute Gasteiger partial charge is 0.470 e. The summed E-state index contributed by atoms with van der Waals surface area (Å²) >= 11 is 0. The molecule has 1 atom stereocenters. The number of hydrogen-bond donors (Lipinski definition) is 0. The molecule has 0 aliphatic carbocycles. The molecule has 10 heteroatoms. The van der Waals surface area contributed by atoms with Crippen molar-refractivity contribution in [2.24, 2.45) is 0 Å². The number of nitrogens with zero attached hydrogens (tertiary/aromatic N) is 8. The average Bonchev–Trinajstić information content (AvgIpc) is 3.40. The molecule has 0 spiro atoms. The zero-order chi connectivity index (χ0) is 18.6. The number of rotatable bonds is 4. The van der Waals surface area contributed by atoms with Crippen molar-refractivity contribution in [3.8, 4) is 17.6 Å². The summed E-state index contributed by atoms with van der Waals surface area (Å²) in [6, 6.07) is 9.05. The second-order valence-electron chi connectivity index (χ2n) is 5.91. The molecule has 1 amide bonds. The number of carbonyl (C=O) groups is 1. The molecule has 1 fully saturated rings. The van der Waals surface area contributed by atoms with E-state index in [-0.39, 0.29) is 23.6 Å². The van der Waals surface area contributed by atoms with Crippen molar-refractivity contribution in [3.63, 3.8) is 0 Å². The van der Waals surface area contributed by atoms with E-state index in [0.29, 0.717) is 30.8 Å². The van der Waals surface area contributed by atoms with Crippen LogP contribution in [-0.4, -0.2) is 60.2 Å². The predicted octanol–water partition coefficient (Wildman–Crippen LogP) is 0.617. The molecule has 3 heterocycles. The number of likely N-dealkylation sites (tertiary alicyclic amines) is 1. The van der Waals surface area contributed by atoms with Crippen LogP contribution in [0.4, 0.5) is 0 Å². The number of carbonyl (C=O) groups excluding carboxylic acids is 1. The Hall–Kier alpha value is -3.87. The van der Waals surface area contributed by atoms with Crippen LogP contribution in [0.2, 0.25) is 0 Å². The van der Waals surface area contributed by atoms with Crippen molar-refractivity contribution in [2.45, 2.75) is 12.5 Å². The Morgan fingerprint density at radius 1 is 1.30 bits per heavy atom. The molecule has 1 aromatic carbocycles. The van der Waals surface area contributed by atoms with Crippen molar-refractivity contribution in [3.05, 3.63) is 54.2 Å². The van der Waals surface area contributed by atoms with Gasteiger partial charge in [0.25, 0.3) is 11.8 Å². The number of benzene rings is 1. The summed E-state index contributed by atoms with van der Waals surface area (Å²) in [5, 5.41) is 20.1. The van der Waals surface area contributed by atoms with E-state index in [0.717, 1.165) is 0 Å². The smallest absolute Gasteiger partial charge is 0.254 e. The van der Waals surface area contributed by atoms with Gasteiger partial charge in [-0.25, -0.2) is 14.6 Å². The van der Waals surface area contributed by atoms with Gasteiger partial charge in [-0.05, 0) is 28.6 Å². The van der Waals surface area contributed by atoms with Crippen LogP contribution in [0, 0.1) is 11.3 Å². The Morgan fingerprint density at radius 2 is 2.19 bits per heavy atom. The third kappa shape index (κ3) is 3.43. The highest BCUT2D eigenvalue weighted by Gasteiger charge is 2.29. The molecule has 1 unspecified atom stereocenters. The number of aromatic nitrogens is 6. The van der Waals surface area contributed by atoms with Gasteiger partial charge in [0, 0.05) is 30.9 Å². The van der Waals surface area contributed by atoms with Crippen LogP contribution < -0.4 is 4.74 Å². The van der Waals surface area contributed by atoms with E-state index in [9.17, 15) is 4.79 Å². The highest BCUT2D eigenvalue weighted by molar-refractivity contribution is 5.95. The molecule has 0 radical (unpaired) electrons. The molecule has 27 heavy (non-hydrogen) atoms. The fraction of sp³-hybridized carbons (Fsp3) is 0.235. The monoisotopic (exact) mass is 362 g/mol. The molecule has 0 bridgehead atoms. The molecule has 1 aliphatic heterocycles. The lowest BCUT2D eigenvalue weighted by molar-refractivity contribution is 0.0771. The summed E-state index contributed by atoms with van der Waals surface area (Å²) in [4.78, 5) is 22.5. The van der Waals surface area contributed by atoms with Crippen LogP contribution in [0.1, 0.15) is 22.5 Å². The predicted molar refractivity (Wildman–Crippen MR) is 90.8 cm³/mol. The van der Waals surface area contributed by atoms with Crippen molar-refractivity contribution < 1.29 is 9.53 Å². The third-order valence-electron chi connectivity index (χ3n) is 4.19. The van der Waals surface area contributed by atoms with Crippen LogP contribution in [0.25, 0.3) is 5.69 Å². The lowest BCUT2D eigenvalue weighted by Gasteiger charge is -2.17. The van der Waals surface area contributed by atoms with Crippen LogP contribution in [0.3, 0.4) is 0 Å². The molecular formula is C17H14N8O2. The molecule has 10 nitrogen and oxygen atoms in total. The van der Waals surface area contributed by atoms with Crippen LogP contribution in [0.15, 0.2) is 43.0 Å². The minimum absolute atomic E-state index is 0.101. The summed E-state index contributed by atoms with van der Waals surface area (Å²) in [5.74, 6) is 0.0932. The lowest BCUT2D eigenvalue weighted by Crippen LogP contribution is -2.31. The summed E-state index contributed by atoms with van der Waals surface area (Å²) in [6.45, 7) is 0.968. The van der Waals surface area contributed by atoms with Gasteiger partial charge in [-0.3, -0.25) is 4.79 Å². The van der Waals surface area contributed by atoms with E-state index in [4.69, 9.17) is 10.00 Å². The molecular weight excluding hydrogens is 348 g/mol.